The molecule has 0 aliphatic rings. The Labute approximate surface area is 109 Å². The van der Waals surface area contributed by atoms with Crippen molar-refractivity contribution in [2.24, 2.45) is 0 Å². The summed E-state index contributed by atoms with van der Waals surface area (Å²) < 4.78 is 29.5. The zero-order valence-electron chi connectivity index (χ0n) is 10.5. The van der Waals surface area contributed by atoms with Crippen molar-refractivity contribution in [1.29, 1.82) is 0 Å². The number of benzene rings is 1. The van der Waals surface area contributed by atoms with E-state index in [1.165, 1.54) is 30.5 Å². The number of hydrogen-bond acceptors (Lipinski definition) is 4. The lowest BCUT2D eigenvalue weighted by Crippen LogP contribution is -2.26. The van der Waals surface area contributed by atoms with Crippen molar-refractivity contribution in [3.63, 3.8) is 0 Å². The Kier molecular flexibility index (Phi) is 4.48. The quantitative estimate of drug-likeness (QED) is 0.345. The molecule has 0 radical (unpaired) electrons. The van der Waals surface area contributed by atoms with Gasteiger partial charge >= 0.3 is 0 Å². The molecule has 1 aromatic carbocycles. The van der Waals surface area contributed by atoms with Gasteiger partial charge in [0.2, 0.25) is 5.52 Å². The lowest BCUT2D eigenvalue weighted by molar-refractivity contribution is -0.577. The number of fused-ring (bicyclic) bond motifs is 1. The number of hydrogen-bond donors (Lipinski definition) is 0. The molecule has 0 aliphatic heterocycles. The van der Waals surface area contributed by atoms with Gasteiger partial charge in [0.15, 0.2) is 13.0 Å². The van der Waals surface area contributed by atoms with Crippen LogP contribution < -0.4 is 9.47 Å². The third-order valence-electron chi connectivity index (χ3n) is 2.54. The van der Waals surface area contributed by atoms with Gasteiger partial charge in [0.05, 0.1) is 24.7 Å². The van der Waals surface area contributed by atoms with Gasteiger partial charge in [-0.15, -0.1) is 0 Å². The second kappa shape index (κ2) is 6.31. The van der Waals surface area contributed by atoms with E-state index in [2.05, 4.69) is 0 Å². The van der Waals surface area contributed by atoms with Gasteiger partial charge in [0.25, 0.3) is 0 Å². The minimum atomic E-state index is -0.505. The molecule has 2 aromatic rings. The molecule has 0 fully saturated rings. The van der Waals surface area contributed by atoms with Crippen LogP contribution in [0.15, 0.2) is 30.5 Å². The fourth-order valence-corrected chi connectivity index (χ4v) is 1.62. The Morgan fingerprint density at radius 1 is 1.32 bits per heavy atom. The van der Waals surface area contributed by atoms with Crippen LogP contribution >= 0.6 is 0 Å². The maximum absolute atomic E-state index is 13.8. The second-order valence-corrected chi connectivity index (χ2v) is 3.84. The van der Waals surface area contributed by atoms with E-state index in [0.29, 0.717) is 17.9 Å². The molecule has 0 spiro atoms. The first-order valence-electron chi connectivity index (χ1n) is 5.73. The summed E-state index contributed by atoms with van der Waals surface area (Å²) in [7, 11) is 1.57. The average molecular weight is 267 g/mol. The zero-order valence-corrected chi connectivity index (χ0v) is 10.5. The predicted molar refractivity (Wildman–Crippen MR) is 66.2 cm³/mol. The number of ether oxygens (including phenoxy) is 3. The molecular weight excluding hydrogens is 253 g/mol. The van der Waals surface area contributed by atoms with Crippen LogP contribution in [0.1, 0.15) is 0 Å². The van der Waals surface area contributed by atoms with Gasteiger partial charge in [-0.3, -0.25) is 0 Å². The van der Waals surface area contributed by atoms with Crippen LogP contribution in [0.25, 0.3) is 10.9 Å². The molecule has 0 atom stereocenters. The van der Waals surface area contributed by atoms with E-state index in [-0.39, 0.29) is 23.4 Å². The second-order valence-electron chi connectivity index (χ2n) is 3.84. The normalized spacial score (nSPS) is 10.8. The van der Waals surface area contributed by atoms with E-state index in [1.54, 1.807) is 7.11 Å². The highest BCUT2D eigenvalue weighted by atomic mass is 19.1. The van der Waals surface area contributed by atoms with Crippen LogP contribution in [0.4, 0.5) is 4.39 Å². The molecule has 0 saturated carbocycles. The Morgan fingerprint density at radius 2 is 2.16 bits per heavy atom. The third-order valence-corrected chi connectivity index (χ3v) is 2.54. The minimum absolute atomic E-state index is 0.0278. The highest BCUT2D eigenvalue weighted by Crippen LogP contribution is 2.21. The SMILES string of the molecule is COCCOCOc1cc(F)c2ccc[n+]([O-])c2c1. The predicted octanol–water partition coefficient (Wildman–Crippen LogP) is 1.61. The summed E-state index contributed by atoms with van der Waals surface area (Å²) in [5, 5.41) is 11.8. The van der Waals surface area contributed by atoms with Crippen LogP contribution in [0.2, 0.25) is 0 Å². The molecule has 19 heavy (non-hydrogen) atoms. The fourth-order valence-electron chi connectivity index (χ4n) is 1.62. The van der Waals surface area contributed by atoms with Gasteiger partial charge in [-0.1, -0.05) is 0 Å². The summed E-state index contributed by atoms with van der Waals surface area (Å²) >= 11 is 0. The van der Waals surface area contributed by atoms with Crippen molar-refractivity contribution in [2.45, 2.75) is 0 Å². The summed E-state index contributed by atoms with van der Waals surface area (Å²) in [5.74, 6) is -0.257. The molecule has 0 saturated heterocycles. The molecule has 0 N–H and O–H groups in total. The lowest BCUT2D eigenvalue weighted by Gasteiger charge is -2.08. The van der Waals surface area contributed by atoms with Crippen LogP contribution in [0.5, 0.6) is 5.75 Å². The van der Waals surface area contributed by atoms with Crippen LogP contribution in [-0.2, 0) is 9.47 Å². The molecule has 1 heterocycles. The molecule has 0 amide bonds. The first kappa shape index (κ1) is 13.5. The number of rotatable bonds is 6. The van der Waals surface area contributed by atoms with Crippen LogP contribution in [0, 0.1) is 11.0 Å². The standard InChI is InChI=1S/C13H14FNO4/c1-17-5-6-18-9-19-10-7-12(14)11-3-2-4-15(16)13(11)8-10/h2-4,7-8H,5-6,9H2,1H3. The van der Waals surface area contributed by atoms with E-state index >= 15 is 0 Å². The van der Waals surface area contributed by atoms with Crippen molar-refractivity contribution in [1.82, 2.24) is 0 Å². The van der Waals surface area contributed by atoms with Gasteiger partial charge in [0.1, 0.15) is 11.6 Å². The van der Waals surface area contributed by atoms with Crippen molar-refractivity contribution in [2.75, 3.05) is 27.1 Å². The molecule has 6 heteroatoms. The van der Waals surface area contributed by atoms with Crippen molar-refractivity contribution in [3.8, 4) is 5.75 Å². The van der Waals surface area contributed by atoms with Gasteiger partial charge < -0.3 is 19.4 Å². The van der Waals surface area contributed by atoms with Crippen LogP contribution in [0.3, 0.4) is 0 Å². The maximum atomic E-state index is 13.8. The highest BCUT2D eigenvalue weighted by molar-refractivity contribution is 5.77. The van der Waals surface area contributed by atoms with E-state index in [4.69, 9.17) is 14.2 Å². The zero-order chi connectivity index (χ0) is 13.7. The maximum Gasteiger partial charge on any atom is 0.230 e. The van der Waals surface area contributed by atoms with Gasteiger partial charge in [-0.2, -0.15) is 4.73 Å². The molecule has 1 aromatic heterocycles. The monoisotopic (exact) mass is 267 g/mol. The Hall–Kier alpha value is -1.92. The third kappa shape index (κ3) is 3.30. The topological polar surface area (TPSA) is 54.6 Å². The summed E-state index contributed by atoms with van der Waals surface area (Å²) in [4.78, 5) is 0. The highest BCUT2D eigenvalue weighted by Gasteiger charge is 2.11. The van der Waals surface area contributed by atoms with E-state index in [0.717, 1.165) is 0 Å². The van der Waals surface area contributed by atoms with Crippen LogP contribution in [-0.4, -0.2) is 27.1 Å². The number of nitrogens with zero attached hydrogens (tertiary/aromatic N) is 1. The summed E-state index contributed by atoms with van der Waals surface area (Å²) in [6, 6.07) is 5.73. The molecule has 2 rings (SSSR count). The van der Waals surface area contributed by atoms with E-state index < -0.39 is 5.82 Å². The largest absolute Gasteiger partial charge is 0.618 e. The first-order chi connectivity index (χ1) is 9.22. The van der Waals surface area contributed by atoms with Crippen molar-refractivity contribution in [3.05, 3.63) is 41.5 Å². The van der Waals surface area contributed by atoms with Gasteiger partial charge in [-0.05, 0) is 6.07 Å². The van der Waals surface area contributed by atoms with Gasteiger partial charge in [-0.25, -0.2) is 4.39 Å². The number of halogens is 1. The van der Waals surface area contributed by atoms with Gasteiger partial charge in [0, 0.05) is 19.2 Å². The Balaban J connectivity index is 2.10. The molecule has 0 unspecified atom stereocenters. The first-order valence-corrected chi connectivity index (χ1v) is 5.73. The summed E-state index contributed by atoms with van der Waals surface area (Å²) in [5.41, 5.74) is 0.217. The molecular formula is C13H14FNO4. The molecule has 0 bridgehead atoms. The smallest absolute Gasteiger partial charge is 0.230 e. The summed E-state index contributed by atoms with van der Waals surface area (Å²) in [6.07, 6.45) is 1.31. The number of aromatic nitrogens is 1. The minimum Gasteiger partial charge on any atom is -0.618 e. The Bertz CT molecular complexity index is 562. The molecule has 5 nitrogen and oxygen atoms in total. The number of methoxy groups -OCH3 is 1. The van der Waals surface area contributed by atoms with E-state index in [1.807, 2.05) is 0 Å². The lowest BCUT2D eigenvalue weighted by atomic mass is 10.2. The van der Waals surface area contributed by atoms with E-state index in [9.17, 15) is 9.60 Å². The van der Waals surface area contributed by atoms with Crippen molar-refractivity contribution < 1.29 is 23.3 Å². The summed E-state index contributed by atoms with van der Waals surface area (Å²) in [6.45, 7) is 0.810. The van der Waals surface area contributed by atoms with Crippen molar-refractivity contribution >= 4 is 10.9 Å². The average Bonchev–Trinajstić information content (AvgIpc) is 2.40. The molecule has 102 valence electrons. The Morgan fingerprint density at radius 3 is 2.95 bits per heavy atom. The molecule has 0 aliphatic carbocycles. The fraction of sp³-hybridized carbons (Fsp3) is 0.308. The number of pyridine rings is 1.